The van der Waals surface area contributed by atoms with Crippen LogP contribution in [0.4, 0.5) is 6.01 Å². The molecular formula is C14H11N3O2. The van der Waals surface area contributed by atoms with Crippen LogP contribution >= 0.6 is 0 Å². The van der Waals surface area contributed by atoms with Gasteiger partial charge in [-0.15, -0.1) is 0 Å². The van der Waals surface area contributed by atoms with Crippen molar-refractivity contribution in [3.63, 3.8) is 0 Å². The third kappa shape index (κ3) is 2.40. The largest absolute Gasteiger partial charge is 0.507 e. The molecule has 0 unspecified atom stereocenters. The predicted octanol–water partition coefficient (Wildman–Crippen LogP) is 2.98. The van der Waals surface area contributed by atoms with E-state index in [0.29, 0.717) is 17.2 Å². The highest BCUT2D eigenvalue weighted by molar-refractivity contribution is 5.83. The number of phenolic OH excluding ortho intramolecular Hbond substituents is 1. The first-order chi connectivity index (χ1) is 9.33. The zero-order valence-corrected chi connectivity index (χ0v) is 9.95. The quantitative estimate of drug-likeness (QED) is 0.556. The van der Waals surface area contributed by atoms with Gasteiger partial charge in [0.05, 0.1) is 6.21 Å². The Bertz CT molecular complexity index is 701. The summed E-state index contributed by atoms with van der Waals surface area (Å²) in [6.07, 6.45) is 1.50. The van der Waals surface area contributed by atoms with Gasteiger partial charge in [0, 0.05) is 5.56 Å². The lowest BCUT2D eigenvalue weighted by atomic mass is 10.2. The van der Waals surface area contributed by atoms with E-state index in [1.807, 2.05) is 30.3 Å². The van der Waals surface area contributed by atoms with Crippen molar-refractivity contribution in [3.05, 3.63) is 54.1 Å². The van der Waals surface area contributed by atoms with Gasteiger partial charge in [-0.3, -0.25) is 0 Å². The van der Waals surface area contributed by atoms with Crippen LogP contribution in [0, 0.1) is 0 Å². The third-order valence-corrected chi connectivity index (χ3v) is 2.59. The summed E-state index contributed by atoms with van der Waals surface area (Å²) in [4.78, 5) is 4.21. The second-order valence-electron chi connectivity index (χ2n) is 3.92. The highest BCUT2D eigenvalue weighted by atomic mass is 16.4. The first kappa shape index (κ1) is 11.3. The van der Waals surface area contributed by atoms with Crippen LogP contribution in [0.2, 0.25) is 0 Å². The third-order valence-electron chi connectivity index (χ3n) is 2.59. The predicted molar refractivity (Wildman–Crippen MR) is 73.3 cm³/mol. The molecule has 0 amide bonds. The van der Waals surface area contributed by atoms with E-state index in [2.05, 4.69) is 15.5 Å². The molecule has 0 fully saturated rings. The van der Waals surface area contributed by atoms with E-state index >= 15 is 0 Å². The molecule has 5 nitrogen and oxygen atoms in total. The van der Waals surface area contributed by atoms with Gasteiger partial charge >= 0.3 is 6.01 Å². The SMILES string of the molecule is Oc1ccccc1/C=N\Nc1nc2ccccc2o1. The molecule has 0 bridgehead atoms. The number of para-hydroxylation sites is 3. The average Bonchev–Trinajstić information content (AvgIpc) is 2.83. The Morgan fingerprint density at radius 1 is 1.11 bits per heavy atom. The second-order valence-corrected chi connectivity index (χ2v) is 3.92. The van der Waals surface area contributed by atoms with Crippen LogP contribution in [-0.2, 0) is 0 Å². The van der Waals surface area contributed by atoms with Gasteiger partial charge in [-0.05, 0) is 24.3 Å². The number of rotatable bonds is 3. The molecule has 0 aliphatic rings. The summed E-state index contributed by atoms with van der Waals surface area (Å²) < 4.78 is 5.44. The van der Waals surface area contributed by atoms with Gasteiger partial charge in [-0.2, -0.15) is 10.1 Å². The Morgan fingerprint density at radius 2 is 1.89 bits per heavy atom. The number of nitrogens with zero attached hydrogens (tertiary/aromatic N) is 2. The van der Waals surface area contributed by atoms with E-state index < -0.39 is 0 Å². The molecular weight excluding hydrogens is 242 g/mol. The summed E-state index contributed by atoms with van der Waals surface area (Å²) in [7, 11) is 0. The summed E-state index contributed by atoms with van der Waals surface area (Å²) in [5.74, 6) is 0.172. The van der Waals surface area contributed by atoms with E-state index in [1.165, 1.54) is 6.21 Å². The Kier molecular flexibility index (Phi) is 2.86. The highest BCUT2D eigenvalue weighted by Gasteiger charge is 2.02. The number of aromatic nitrogens is 1. The van der Waals surface area contributed by atoms with E-state index in [4.69, 9.17) is 4.42 Å². The van der Waals surface area contributed by atoms with E-state index in [-0.39, 0.29) is 5.75 Å². The number of hydrogen-bond donors (Lipinski definition) is 2. The maximum absolute atomic E-state index is 9.56. The monoisotopic (exact) mass is 253 g/mol. The van der Waals surface area contributed by atoms with Crippen LogP contribution in [-0.4, -0.2) is 16.3 Å². The summed E-state index contributed by atoms with van der Waals surface area (Å²) in [5.41, 5.74) is 4.77. The van der Waals surface area contributed by atoms with Crippen molar-refractivity contribution in [1.82, 2.24) is 4.98 Å². The van der Waals surface area contributed by atoms with Crippen LogP contribution in [0.15, 0.2) is 58.0 Å². The second kappa shape index (κ2) is 4.81. The van der Waals surface area contributed by atoms with Crippen molar-refractivity contribution in [1.29, 1.82) is 0 Å². The lowest BCUT2D eigenvalue weighted by Gasteiger charge is -1.96. The van der Waals surface area contributed by atoms with Gasteiger partial charge in [-0.1, -0.05) is 24.3 Å². The molecule has 0 saturated heterocycles. The Morgan fingerprint density at radius 3 is 2.74 bits per heavy atom. The fourth-order valence-corrected chi connectivity index (χ4v) is 1.67. The zero-order chi connectivity index (χ0) is 13.1. The summed E-state index contributed by atoms with van der Waals surface area (Å²) in [6.45, 7) is 0. The van der Waals surface area contributed by atoms with Gasteiger partial charge in [0.1, 0.15) is 11.3 Å². The molecule has 2 aromatic carbocycles. The number of benzene rings is 2. The number of aromatic hydroxyl groups is 1. The van der Waals surface area contributed by atoms with Crippen LogP contribution < -0.4 is 5.43 Å². The number of anilines is 1. The lowest BCUT2D eigenvalue weighted by Crippen LogP contribution is -1.90. The first-order valence-electron chi connectivity index (χ1n) is 5.75. The molecule has 3 aromatic rings. The fourth-order valence-electron chi connectivity index (χ4n) is 1.67. The molecule has 0 radical (unpaired) electrons. The average molecular weight is 253 g/mol. The standard InChI is InChI=1S/C14H11N3O2/c18-12-7-3-1-5-10(12)9-15-17-14-16-11-6-2-4-8-13(11)19-14/h1-9,18H,(H,16,17)/b15-9-. The van der Waals surface area contributed by atoms with Crippen LogP contribution in [0.25, 0.3) is 11.1 Å². The molecule has 0 spiro atoms. The normalized spacial score (nSPS) is 11.2. The van der Waals surface area contributed by atoms with Crippen molar-refractivity contribution in [2.75, 3.05) is 5.43 Å². The van der Waals surface area contributed by atoms with Crippen LogP contribution in [0.3, 0.4) is 0 Å². The van der Waals surface area contributed by atoms with Gasteiger partial charge in [0.2, 0.25) is 0 Å². The van der Waals surface area contributed by atoms with Gasteiger partial charge in [0.15, 0.2) is 5.58 Å². The number of oxazole rings is 1. The Hall–Kier alpha value is -2.82. The highest BCUT2D eigenvalue weighted by Crippen LogP contribution is 2.18. The number of fused-ring (bicyclic) bond motifs is 1. The summed E-state index contributed by atoms with van der Waals surface area (Å²) >= 11 is 0. The van der Waals surface area contributed by atoms with Crippen LogP contribution in [0.5, 0.6) is 5.75 Å². The van der Waals surface area contributed by atoms with Crippen molar-refractivity contribution < 1.29 is 9.52 Å². The maximum Gasteiger partial charge on any atom is 0.316 e. The minimum Gasteiger partial charge on any atom is -0.507 e. The molecule has 1 aromatic heterocycles. The molecule has 0 aliphatic carbocycles. The van der Waals surface area contributed by atoms with Crippen molar-refractivity contribution in [3.8, 4) is 5.75 Å². The minimum atomic E-state index is 0.172. The molecule has 0 saturated carbocycles. The molecule has 19 heavy (non-hydrogen) atoms. The zero-order valence-electron chi connectivity index (χ0n) is 9.95. The molecule has 0 aliphatic heterocycles. The topological polar surface area (TPSA) is 70.7 Å². The van der Waals surface area contributed by atoms with Crippen molar-refractivity contribution in [2.24, 2.45) is 5.10 Å². The Labute approximate surface area is 109 Å². The number of phenols is 1. The van der Waals surface area contributed by atoms with Crippen molar-refractivity contribution >= 4 is 23.3 Å². The first-order valence-corrected chi connectivity index (χ1v) is 5.75. The number of hydrogen-bond acceptors (Lipinski definition) is 5. The maximum atomic E-state index is 9.56. The van der Waals surface area contributed by atoms with Crippen LogP contribution in [0.1, 0.15) is 5.56 Å². The van der Waals surface area contributed by atoms with Gasteiger partial charge < -0.3 is 9.52 Å². The van der Waals surface area contributed by atoms with Crippen molar-refractivity contribution in [2.45, 2.75) is 0 Å². The van der Waals surface area contributed by atoms with Gasteiger partial charge in [-0.25, -0.2) is 5.43 Å². The fraction of sp³-hybridized carbons (Fsp3) is 0. The van der Waals surface area contributed by atoms with E-state index in [0.717, 1.165) is 5.52 Å². The Balaban J connectivity index is 1.77. The molecule has 5 heteroatoms. The smallest absolute Gasteiger partial charge is 0.316 e. The molecule has 94 valence electrons. The lowest BCUT2D eigenvalue weighted by molar-refractivity contribution is 0.474. The molecule has 3 rings (SSSR count). The molecule has 0 atom stereocenters. The number of hydrazone groups is 1. The van der Waals surface area contributed by atoms with E-state index in [9.17, 15) is 5.11 Å². The number of nitrogens with one attached hydrogen (secondary N) is 1. The summed E-state index contributed by atoms with van der Waals surface area (Å²) in [6, 6.07) is 14.7. The molecule has 1 heterocycles. The molecule has 2 N–H and O–H groups in total. The van der Waals surface area contributed by atoms with Gasteiger partial charge in [0.25, 0.3) is 0 Å². The minimum absolute atomic E-state index is 0.172. The van der Waals surface area contributed by atoms with E-state index in [1.54, 1.807) is 18.2 Å². The summed E-state index contributed by atoms with van der Waals surface area (Å²) in [5, 5.41) is 13.5.